The molecule has 0 unspecified atom stereocenters. The molecule has 8 heteroatoms. The van der Waals surface area contributed by atoms with Crippen molar-refractivity contribution in [2.75, 3.05) is 13.1 Å². The molecule has 3 aromatic rings. The molecule has 6 nitrogen and oxygen atoms in total. The highest BCUT2D eigenvalue weighted by Crippen LogP contribution is 2.40. The van der Waals surface area contributed by atoms with Crippen molar-refractivity contribution in [3.8, 4) is 5.88 Å². The third kappa shape index (κ3) is 3.44. The Morgan fingerprint density at radius 2 is 1.93 bits per heavy atom. The Morgan fingerprint density at radius 3 is 2.52 bits per heavy atom. The van der Waals surface area contributed by atoms with Crippen molar-refractivity contribution in [2.45, 2.75) is 45.4 Å². The predicted octanol–water partition coefficient (Wildman–Crippen LogP) is 3.40. The highest BCUT2D eigenvalue weighted by Gasteiger charge is 2.34. The predicted molar refractivity (Wildman–Crippen MR) is 102 cm³/mol. The van der Waals surface area contributed by atoms with Crippen LogP contribution in [0.1, 0.15) is 43.1 Å². The Kier molecular flexibility index (Phi) is 4.88. The minimum atomic E-state index is -0.277. The van der Waals surface area contributed by atoms with Crippen LogP contribution >= 0.6 is 11.3 Å². The summed E-state index contributed by atoms with van der Waals surface area (Å²) in [4.78, 5) is 8.19. The summed E-state index contributed by atoms with van der Waals surface area (Å²) in [5, 5.41) is 15.3. The third-order valence-corrected chi connectivity index (χ3v) is 5.88. The van der Waals surface area contributed by atoms with Crippen LogP contribution < -0.4 is 0 Å². The van der Waals surface area contributed by atoms with E-state index >= 15 is 0 Å². The first-order valence-electron chi connectivity index (χ1n) is 9.18. The lowest BCUT2D eigenvalue weighted by Crippen LogP contribution is -2.47. The molecule has 144 valence electrons. The normalized spacial score (nSPS) is 22.4. The zero-order chi connectivity index (χ0) is 19.1. The summed E-state index contributed by atoms with van der Waals surface area (Å²) in [6, 6.07) is 6.25. The minimum Gasteiger partial charge on any atom is -0.492 e. The van der Waals surface area contributed by atoms with Gasteiger partial charge in [-0.3, -0.25) is 4.90 Å². The third-order valence-electron chi connectivity index (χ3n) is 4.81. The molecule has 4 rings (SSSR count). The van der Waals surface area contributed by atoms with Crippen molar-refractivity contribution in [3.63, 3.8) is 0 Å². The summed E-state index contributed by atoms with van der Waals surface area (Å²) in [6.07, 6.45) is 0.865. The fraction of sp³-hybridized carbons (Fsp3) is 0.474. The van der Waals surface area contributed by atoms with Gasteiger partial charge in [0.1, 0.15) is 5.82 Å². The summed E-state index contributed by atoms with van der Waals surface area (Å²) in [6.45, 7) is 7.51. The number of morpholine rings is 1. The molecule has 0 saturated carbocycles. The van der Waals surface area contributed by atoms with E-state index in [-0.39, 0.29) is 29.9 Å². The number of ether oxygens (including phenoxy) is 1. The molecule has 3 atom stereocenters. The molecule has 0 spiro atoms. The van der Waals surface area contributed by atoms with Gasteiger partial charge in [-0.15, -0.1) is 5.10 Å². The van der Waals surface area contributed by atoms with Crippen molar-refractivity contribution in [1.29, 1.82) is 0 Å². The van der Waals surface area contributed by atoms with Crippen molar-refractivity contribution in [1.82, 2.24) is 19.5 Å². The van der Waals surface area contributed by atoms with E-state index < -0.39 is 0 Å². The van der Waals surface area contributed by atoms with Crippen LogP contribution in [-0.2, 0) is 11.2 Å². The monoisotopic (exact) mass is 390 g/mol. The molecule has 1 aliphatic rings. The van der Waals surface area contributed by atoms with Gasteiger partial charge in [0, 0.05) is 19.5 Å². The molecule has 1 saturated heterocycles. The molecule has 1 aliphatic heterocycles. The Hall–Kier alpha value is -2.03. The number of hydrogen-bond donors (Lipinski definition) is 1. The summed E-state index contributed by atoms with van der Waals surface area (Å²) in [7, 11) is 0. The lowest BCUT2D eigenvalue weighted by atomic mass is 10.0. The van der Waals surface area contributed by atoms with E-state index in [0.29, 0.717) is 17.2 Å². The number of nitrogens with zero attached hydrogens (tertiary/aromatic N) is 4. The van der Waals surface area contributed by atoms with E-state index in [1.54, 1.807) is 12.1 Å². The SMILES string of the molecule is CCc1nc2sc([C@H](c3ccc(F)cc3)N3C[C@@H](C)O[C@@H](C)C3)c(O)n2n1. The molecular weight excluding hydrogens is 367 g/mol. The molecule has 0 radical (unpaired) electrons. The summed E-state index contributed by atoms with van der Waals surface area (Å²) < 4.78 is 20.9. The number of aromatic hydroxyl groups is 1. The molecule has 1 N–H and O–H groups in total. The van der Waals surface area contributed by atoms with Crippen LogP contribution in [0.3, 0.4) is 0 Å². The van der Waals surface area contributed by atoms with Crippen LogP contribution in [0.2, 0.25) is 0 Å². The fourth-order valence-corrected chi connectivity index (χ4v) is 4.86. The van der Waals surface area contributed by atoms with Crippen molar-refractivity contribution in [3.05, 3.63) is 46.3 Å². The van der Waals surface area contributed by atoms with Crippen LogP contribution in [0.15, 0.2) is 24.3 Å². The highest BCUT2D eigenvalue weighted by molar-refractivity contribution is 7.17. The fourth-order valence-electron chi connectivity index (χ4n) is 3.72. The number of hydrogen-bond acceptors (Lipinski definition) is 6. The number of aromatic nitrogens is 3. The van der Waals surface area contributed by atoms with Gasteiger partial charge in [0.25, 0.3) is 0 Å². The molecule has 0 aliphatic carbocycles. The molecular formula is C19H23FN4O2S. The van der Waals surface area contributed by atoms with Gasteiger partial charge >= 0.3 is 0 Å². The van der Waals surface area contributed by atoms with Gasteiger partial charge in [-0.1, -0.05) is 30.4 Å². The maximum absolute atomic E-state index is 13.5. The average molecular weight is 390 g/mol. The average Bonchev–Trinajstić information content (AvgIpc) is 3.16. The quantitative estimate of drug-likeness (QED) is 0.740. The van der Waals surface area contributed by atoms with Gasteiger partial charge in [0.2, 0.25) is 10.8 Å². The van der Waals surface area contributed by atoms with Crippen molar-refractivity contribution in [2.24, 2.45) is 0 Å². The summed E-state index contributed by atoms with van der Waals surface area (Å²) in [5.74, 6) is 0.527. The largest absolute Gasteiger partial charge is 0.492 e. The molecule has 0 amide bonds. The lowest BCUT2D eigenvalue weighted by Gasteiger charge is -2.40. The van der Waals surface area contributed by atoms with Crippen LogP contribution in [0.4, 0.5) is 4.39 Å². The molecule has 3 heterocycles. The molecule has 1 fully saturated rings. The summed E-state index contributed by atoms with van der Waals surface area (Å²) in [5.41, 5.74) is 0.924. The number of fused-ring (bicyclic) bond motifs is 1. The number of halogens is 1. The standard InChI is InChI=1S/C19H23FN4O2S/c1-4-15-21-19-24(22-15)18(25)17(27-19)16(13-5-7-14(20)8-6-13)23-9-11(2)26-12(3)10-23/h5-8,11-12,16,25H,4,9-10H2,1-3H3/t11-,12+,16-/m0/s1. The van der Waals surface area contributed by atoms with E-state index in [1.807, 2.05) is 20.8 Å². The van der Waals surface area contributed by atoms with Crippen molar-refractivity contribution < 1.29 is 14.2 Å². The van der Waals surface area contributed by atoms with Gasteiger partial charge in [-0.2, -0.15) is 4.52 Å². The first kappa shape index (κ1) is 18.3. The Labute approximate surface area is 161 Å². The van der Waals surface area contributed by atoms with E-state index in [4.69, 9.17) is 4.74 Å². The van der Waals surface area contributed by atoms with Gasteiger partial charge in [-0.25, -0.2) is 9.37 Å². The Bertz CT molecular complexity index is 929. The maximum atomic E-state index is 13.5. The summed E-state index contributed by atoms with van der Waals surface area (Å²) >= 11 is 1.43. The highest BCUT2D eigenvalue weighted by atomic mass is 32.1. The number of rotatable bonds is 4. The van der Waals surface area contributed by atoms with Gasteiger partial charge < -0.3 is 9.84 Å². The Balaban J connectivity index is 1.81. The van der Waals surface area contributed by atoms with Crippen molar-refractivity contribution >= 4 is 16.3 Å². The zero-order valence-electron chi connectivity index (χ0n) is 15.6. The van der Waals surface area contributed by atoms with E-state index in [9.17, 15) is 9.50 Å². The number of benzene rings is 1. The van der Waals surface area contributed by atoms with Crippen LogP contribution in [0.25, 0.3) is 4.96 Å². The van der Waals surface area contributed by atoms with Crippen LogP contribution in [-0.4, -0.2) is 49.9 Å². The van der Waals surface area contributed by atoms with E-state index in [1.165, 1.54) is 28.0 Å². The van der Waals surface area contributed by atoms with Crippen LogP contribution in [0.5, 0.6) is 5.88 Å². The second-order valence-corrected chi connectivity index (χ2v) is 8.04. The topological polar surface area (TPSA) is 62.9 Å². The first-order valence-corrected chi connectivity index (χ1v) is 10.00. The number of thiazole rings is 1. The van der Waals surface area contributed by atoms with Gasteiger partial charge in [-0.05, 0) is 31.5 Å². The molecule has 27 heavy (non-hydrogen) atoms. The first-order chi connectivity index (χ1) is 13.0. The second-order valence-electron chi connectivity index (χ2n) is 7.03. The van der Waals surface area contributed by atoms with E-state index in [0.717, 1.165) is 23.5 Å². The number of aryl methyl sites for hydroxylation is 1. The van der Waals surface area contributed by atoms with Gasteiger partial charge in [0.15, 0.2) is 5.82 Å². The van der Waals surface area contributed by atoms with E-state index in [2.05, 4.69) is 15.0 Å². The second kappa shape index (κ2) is 7.18. The zero-order valence-corrected chi connectivity index (χ0v) is 16.4. The molecule has 2 aromatic heterocycles. The van der Waals surface area contributed by atoms with Gasteiger partial charge in [0.05, 0.1) is 23.1 Å². The minimum absolute atomic E-state index is 0.0766. The lowest BCUT2D eigenvalue weighted by molar-refractivity contribution is -0.0764. The maximum Gasteiger partial charge on any atom is 0.230 e. The molecule has 0 bridgehead atoms. The Morgan fingerprint density at radius 1 is 1.26 bits per heavy atom. The molecule has 1 aromatic carbocycles. The smallest absolute Gasteiger partial charge is 0.230 e. The van der Waals surface area contributed by atoms with Crippen LogP contribution in [0, 0.1) is 5.82 Å².